The van der Waals surface area contributed by atoms with Gasteiger partial charge in [0.15, 0.2) is 0 Å². The standard InChI is InChI=1S/C17H16N2O2/c1-17(2)13-10-6-7-11-14(13)19(15(17)20)16(21)18-12-8-4-3-5-9-12/h3-11H,1-2H3,(H,18,21). The number of amides is 3. The van der Waals surface area contributed by atoms with Crippen molar-refractivity contribution < 1.29 is 9.59 Å². The summed E-state index contributed by atoms with van der Waals surface area (Å²) in [4.78, 5) is 26.3. The number of nitrogens with zero attached hydrogens (tertiary/aromatic N) is 1. The van der Waals surface area contributed by atoms with Gasteiger partial charge in [-0.25, -0.2) is 9.69 Å². The SMILES string of the molecule is CC1(C)C(=O)N(C(=O)Nc2ccccc2)c2ccccc21. The van der Waals surface area contributed by atoms with E-state index in [9.17, 15) is 9.59 Å². The highest BCUT2D eigenvalue weighted by atomic mass is 16.2. The van der Waals surface area contributed by atoms with E-state index in [-0.39, 0.29) is 5.91 Å². The number of nitrogens with one attached hydrogen (secondary N) is 1. The summed E-state index contributed by atoms with van der Waals surface area (Å²) in [6.07, 6.45) is 0. The molecule has 1 N–H and O–H groups in total. The van der Waals surface area contributed by atoms with E-state index in [1.807, 2.05) is 50.2 Å². The third-order valence-electron chi connectivity index (χ3n) is 3.78. The highest BCUT2D eigenvalue weighted by molar-refractivity contribution is 6.25. The molecule has 106 valence electrons. The Morgan fingerprint density at radius 1 is 1.00 bits per heavy atom. The van der Waals surface area contributed by atoms with Gasteiger partial charge < -0.3 is 5.32 Å². The molecule has 4 nitrogen and oxygen atoms in total. The first-order chi connectivity index (χ1) is 10.0. The van der Waals surface area contributed by atoms with Crippen molar-refractivity contribution in [1.29, 1.82) is 0 Å². The van der Waals surface area contributed by atoms with Crippen molar-refractivity contribution in [2.24, 2.45) is 0 Å². The van der Waals surface area contributed by atoms with Crippen LogP contribution in [-0.4, -0.2) is 11.9 Å². The minimum atomic E-state index is -0.690. The first-order valence-electron chi connectivity index (χ1n) is 6.82. The molecule has 0 fully saturated rings. The van der Waals surface area contributed by atoms with Crippen molar-refractivity contribution in [3.05, 3.63) is 60.2 Å². The van der Waals surface area contributed by atoms with E-state index < -0.39 is 11.4 Å². The molecule has 0 spiro atoms. The molecule has 0 saturated heterocycles. The summed E-state index contributed by atoms with van der Waals surface area (Å²) >= 11 is 0. The number of carbonyl (C=O) groups is 2. The van der Waals surface area contributed by atoms with Crippen LogP contribution in [0.15, 0.2) is 54.6 Å². The molecule has 1 aliphatic heterocycles. The summed E-state index contributed by atoms with van der Waals surface area (Å²) in [5.41, 5.74) is 1.50. The van der Waals surface area contributed by atoms with Gasteiger partial charge in [-0.05, 0) is 37.6 Å². The number of benzene rings is 2. The highest BCUT2D eigenvalue weighted by Crippen LogP contribution is 2.41. The monoisotopic (exact) mass is 280 g/mol. The molecule has 21 heavy (non-hydrogen) atoms. The summed E-state index contributed by atoms with van der Waals surface area (Å²) in [6.45, 7) is 3.67. The van der Waals surface area contributed by atoms with Gasteiger partial charge >= 0.3 is 6.03 Å². The fourth-order valence-corrected chi connectivity index (χ4v) is 2.60. The molecule has 0 atom stereocenters. The summed E-state index contributed by atoms with van der Waals surface area (Å²) in [6, 6.07) is 16.1. The minimum absolute atomic E-state index is 0.211. The fraction of sp³-hybridized carbons (Fsp3) is 0.176. The van der Waals surface area contributed by atoms with Crippen LogP contribution < -0.4 is 10.2 Å². The zero-order valence-corrected chi connectivity index (χ0v) is 12.0. The van der Waals surface area contributed by atoms with Gasteiger partial charge in [0.25, 0.3) is 0 Å². The van der Waals surface area contributed by atoms with Crippen molar-refractivity contribution in [2.75, 3.05) is 10.2 Å². The smallest absolute Gasteiger partial charge is 0.307 e. The molecule has 0 saturated carbocycles. The van der Waals surface area contributed by atoms with Gasteiger partial charge in [-0.2, -0.15) is 0 Å². The van der Waals surface area contributed by atoms with Gasteiger partial charge in [0.05, 0.1) is 11.1 Å². The number of hydrogen-bond donors (Lipinski definition) is 1. The largest absolute Gasteiger partial charge is 0.333 e. The van der Waals surface area contributed by atoms with Crippen molar-refractivity contribution in [2.45, 2.75) is 19.3 Å². The number of urea groups is 1. The molecule has 4 heteroatoms. The van der Waals surface area contributed by atoms with E-state index >= 15 is 0 Å². The zero-order valence-electron chi connectivity index (χ0n) is 12.0. The summed E-state index contributed by atoms with van der Waals surface area (Å²) in [5.74, 6) is -0.211. The highest BCUT2D eigenvalue weighted by Gasteiger charge is 2.46. The first-order valence-corrected chi connectivity index (χ1v) is 6.82. The van der Waals surface area contributed by atoms with E-state index in [0.717, 1.165) is 5.56 Å². The molecule has 3 amide bonds. The van der Waals surface area contributed by atoms with Crippen LogP contribution in [0.5, 0.6) is 0 Å². The number of rotatable bonds is 1. The average molecular weight is 280 g/mol. The maximum atomic E-state index is 12.6. The Kier molecular flexibility index (Phi) is 3.01. The van der Waals surface area contributed by atoms with Crippen LogP contribution in [-0.2, 0) is 10.2 Å². The topological polar surface area (TPSA) is 49.4 Å². The molecule has 0 bridgehead atoms. The van der Waals surface area contributed by atoms with Crippen molar-refractivity contribution >= 4 is 23.3 Å². The summed E-state index contributed by atoms with van der Waals surface area (Å²) in [7, 11) is 0. The molecule has 0 aromatic heterocycles. The molecule has 0 unspecified atom stereocenters. The van der Waals surface area contributed by atoms with Crippen molar-refractivity contribution in [3.63, 3.8) is 0 Å². The number of anilines is 2. The Morgan fingerprint density at radius 3 is 2.33 bits per heavy atom. The maximum Gasteiger partial charge on any atom is 0.333 e. The Labute approximate surface area is 123 Å². The van der Waals surface area contributed by atoms with E-state index in [4.69, 9.17) is 0 Å². The third kappa shape index (κ3) is 2.09. The van der Waals surface area contributed by atoms with Crippen molar-refractivity contribution in [3.8, 4) is 0 Å². The second-order valence-corrected chi connectivity index (χ2v) is 5.58. The van der Waals surface area contributed by atoms with Gasteiger partial charge in [-0.3, -0.25) is 4.79 Å². The fourth-order valence-electron chi connectivity index (χ4n) is 2.60. The molecule has 0 aliphatic carbocycles. The Morgan fingerprint density at radius 2 is 1.62 bits per heavy atom. The molecule has 2 aromatic carbocycles. The lowest BCUT2D eigenvalue weighted by molar-refractivity contribution is -0.121. The number of para-hydroxylation sites is 2. The second kappa shape index (κ2) is 4.74. The van der Waals surface area contributed by atoms with Crippen LogP contribution in [0.4, 0.5) is 16.2 Å². The van der Waals surface area contributed by atoms with Crippen molar-refractivity contribution in [1.82, 2.24) is 0 Å². The molecule has 3 rings (SSSR count). The summed E-state index contributed by atoms with van der Waals surface area (Å²) < 4.78 is 0. The number of carbonyl (C=O) groups excluding carboxylic acids is 2. The molecular formula is C17H16N2O2. The normalized spacial score (nSPS) is 15.7. The van der Waals surface area contributed by atoms with Crippen LogP contribution in [0.3, 0.4) is 0 Å². The van der Waals surface area contributed by atoms with Gasteiger partial charge in [0.2, 0.25) is 5.91 Å². The molecule has 2 aromatic rings. The van der Waals surface area contributed by atoms with E-state index in [0.29, 0.717) is 11.4 Å². The zero-order chi connectivity index (χ0) is 15.0. The Balaban J connectivity index is 1.96. The first kappa shape index (κ1) is 13.4. The number of fused-ring (bicyclic) bond motifs is 1. The van der Waals surface area contributed by atoms with Crippen LogP contribution in [0, 0.1) is 0 Å². The Bertz CT molecular complexity index is 708. The lowest BCUT2D eigenvalue weighted by atomic mass is 9.86. The van der Waals surface area contributed by atoms with Crippen LogP contribution in [0.2, 0.25) is 0 Å². The van der Waals surface area contributed by atoms with Crippen LogP contribution in [0.25, 0.3) is 0 Å². The third-order valence-corrected chi connectivity index (χ3v) is 3.78. The van der Waals surface area contributed by atoms with E-state index in [2.05, 4.69) is 5.32 Å². The lowest BCUT2D eigenvalue weighted by Gasteiger charge is -2.19. The molecule has 1 aliphatic rings. The average Bonchev–Trinajstić information content (AvgIpc) is 2.68. The quantitative estimate of drug-likeness (QED) is 0.868. The van der Waals surface area contributed by atoms with Gasteiger partial charge in [-0.1, -0.05) is 36.4 Å². The maximum absolute atomic E-state index is 12.6. The number of imide groups is 1. The van der Waals surface area contributed by atoms with E-state index in [1.54, 1.807) is 18.2 Å². The molecular weight excluding hydrogens is 264 g/mol. The van der Waals surface area contributed by atoms with Crippen LogP contribution >= 0.6 is 0 Å². The Hall–Kier alpha value is -2.62. The minimum Gasteiger partial charge on any atom is -0.307 e. The van der Waals surface area contributed by atoms with E-state index in [1.165, 1.54) is 4.90 Å². The predicted octanol–water partition coefficient (Wildman–Crippen LogP) is 3.54. The number of hydrogen-bond acceptors (Lipinski definition) is 2. The molecule has 1 heterocycles. The van der Waals surface area contributed by atoms with Gasteiger partial charge in [-0.15, -0.1) is 0 Å². The van der Waals surface area contributed by atoms with Crippen LogP contribution in [0.1, 0.15) is 19.4 Å². The second-order valence-electron chi connectivity index (χ2n) is 5.58. The lowest BCUT2D eigenvalue weighted by Crippen LogP contribution is -2.42. The van der Waals surface area contributed by atoms with Gasteiger partial charge in [0, 0.05) is 5.69 Å². The predicted molar refractivity (Wildman–Crippen MR) is 82.4 cm³/mol. The van der Waals surface area contributed by atoms with Gasteiger partial charge in [0.1, 0.15) is 0 Å². The summed E-state index contributed by atoms with van der Waals surface area (Å²) in [5, 5.41) is 2.76. The molecule has 0 radical (unpaired) electrons.